The number of amides is 2. The molecule has 6 nitrogen and oxygen atoms in total. The van der Waals surface area contributed by atoms with Crippen LogP contribution in [0.1, 0.15) is 25.3 Å². The van der Waals surface area contributed by atoms with Gasteiger partial charge in [-0.1, -0.05) is 25.1 Å². The van der Waals surface area contributed by atoms with Crippen molar-refractivity contribution in [2.45, 2.75) is 31.8 Å². The number of para-hydroxylation sites is 1. The molecule has 0 aliphatic carbocycles. The van der Waals surface area contributed by atoms with Crippen LogP contribution in [0, 0.1) is 0 Å². The number of ether oxygens (including phenoxy) is 1. The van der Waals surface area contributed by atoms with Gasteiger partial charge in [-0.2, -0.15) is 0 Å². The van der Waals surface area contributed by atoms with Crippen molar-refractivity contribution < 1.29 is 19.4 Å². The van der Waals surface area contributed by atoms with Crippen molar-refractivity contribution >= 4 is 11.8 Å². The van der Waals surface area contributed by atoms with Gasteiger partial charge < -0.3 is 20.5 Å². The highest BCUT2D eigenvalue weighted by Crippen LogP contribution is 2.22. The van der Waals surface area contributed by atoms with Crippen LogP contribution in [-0.2, 0) is 16.0 Å². The Morgan fingerprint density at radius 3 is 2.82 bits per heavy atom. The maximum absolute atomic E-state index is 12.2. The summed E-state index contributed by atoms with van der Waals surface area (Å²) in [7, 11) is 0. The summed E-state index contributed by atoms with van der Waals surface area (Å²) in [6, 6.07) is 7.55. The first-order chi connectivity index (χ1) is 10.5. The zero-order chi connectivity index (χ0) is 16.2. The van der Waals surface area contributed by atoms with Crippen molar-refractivity contribution in [3.05, 3.63) is 29.8 Å². The molecule has 1 unspecified atom stereocenters. The predicted molar refractivity (Wildman–Crippen MR) is 81.3 cm³/mol. The van der Waals surface area contributed by atoms with E-state index < -0.39 is 11.5 Å². The van der Waals surface area contributed by atoms with Crippen LogP contribution < -0.4 is 10.5 Å². The van der Waals surface area contributed by atoms with E-state index in [1.807, 2.05) is 31.2 Å². The van der Waals surface area contributed by atoms with Gasteiger partial charge in [-0.3, -0.25) is 9.59 Å². The lowest BCUT2D eigenvalue weighted by atomic mass is 9.92. The van der Waals surface area contributed by atoms with E-state index in [2.05, 4.69) is 0 Å². The first-order valence-electron chi connectivity index (χ1n) is 7.47. The Labute approximate surface area is 129 Å². The molecule has 120 valence electrons. The Bertz CT molecular complexity index is 561. The van der Waals surface area contributed by atoms with Gasteiger partial charge in [0.2, 0.25) is 0 Å². The number of aryl methyl sites for hydroxylation is 1. The van der Waals surface area contributed by atoms with E-state index in [0.717, 1.165) is 12.0 Å². The van der Waals surface area contributed by atoms with E-state index in [0.29, 0.717) is 18.7 Å². The third-order valence-corrected chi connectivity index (χ3v) is 3.99. The standard InChI is InChI=1S/C16H22N2O4/c1-2-12-6-3-4-7-13(12)22-10-14(19)18-9-5-8-16(21,11-18)15(17)20/h3-4,6-7,21H,2,5,8-11H2,1H3,(H2,17,20). The smallest absolute Gasteiger partial charge is 0.260 e. The van der Waals surface area contributed by atoms with E-state index in [-0.39, 0.29) is 25.5 Å². The van der Waals surface area contributed by atoms with E-state index in [4.69, 9.17) is 10.5 Å². The van der Waals surface area contributed by atoms with E-state index in [1.165, 1.54) is 4.90 Å². The van der Waals surface area contributed by atoms with Gasteiger partial charge in [0.15, 0.2) is 12.2 Å². The molecule has 0 saturated carbocycles. The molecule has 1 aromatic carbocycles. The minimum Gasteiger partial charge on any atom is -0.483 e. The number of piperidine rings is 1. The quantitative estimate of drug-likeness (QED) is 0.827. The number of benzene rings is 1. The van der Waals surface area contributed by atoms with Crippen LogP contribution >= 0.6 is 0 Å². The van der Waals surface area contributed by atoms with Gasteiger partial charge in [-0.05, 0) is 30.9 Å². The molecular weight excluding hydrogens is 284 g/mol. The van der Waals surface area contributed by atoms with Crippen molar-refractivity contribution in [2.24, 2.45) is 5.73 Å². The molecule has 6 heteroatoms. The summed E-state index contributed by atoms with van der Waals surface area (Å²) in [4.78, 5) is 25.0. The molecule has 1 fully saturated rings. The number of carbonyl (C=O) groups is 2. The number of nitrogens with two attached hydrogens (primary N) is 1. The van der Waals surface area contributed by atoms with E-state index in [9.17, 15) is 14.7 Å². The van der Waals surface area contributed by atoms with Crippen LogP contribution in [0.15, 0.2) is 24.3 Å². The fraction of sp³-hybridized carbons (Fsp3) is 0.500. The number of β-amino-alcohol motifs (C(OH)–C–C–N with tert-alkyl or cyclic N) is 1. The molecule has 1 heterocycles. The van der Waals surface area contributed by atoms with Crippen LogP contribution in [0.25, 0.3) is 0 Å². The van der Waals surface area contributed by atoms with Crippen molar-refractivity contribution in [3.8, 4) is 5.75 Å². The van der Waals surface area contributed by atoms with Gasteiger partial charge in [0.05, 0.1) is 6.54 Å². The van der Waals surface area contributed by atoms with Gasteiger partial charge in [0.25, 0.3) is 11.8 Å². The summed E-state index contributed by atoms with van der Waals surface area (Å²) >= 11 is 0. The molecule has 3 N–H and O–H groups in total. The molecule has 0 spiro atoms. The van der Waals surface area contributed by atoms with Crippen molar-refractivity contribution in [1.82, 2.24) is 4.90 Å². The van der Waals surface area contributed by atoms with Gasteiger partial charge >= 0.3 is 0 Å². The van der Waals surface area contributed by atoms with Gasteiger partial charge in [0, 0.05) is 6.54 Å². The molecule has 1 aliphatic heterocycles. The highest BCUT2D eigenvalue weighted by Gasteiger charge is 2.40. The number of carbonyl (C=O) groups excluding carboxylic acids is 2. The summed E-state index contributed by atoms with van der Waals surface area (Å²) in [6.45, 7) is 2.32. The molecule has 2 rings (SSSR count). The highest BCUT2D eigenvalue weighted by molar-refractivity contribution is 5.85. The van der Waals surface area contributed by atoms with E-state index >= 15 is 0 Å². The SMILES string of the molecule is CCc1ccccc1OCC(=O)N1CCCC(O)(C(N)=O)C1. The van der Waals surface area contributed by atoms with Crippen LogP contribution in [0.4, 0.5) is 0 Å². The minimum absolute atomic E-state index is 0.0695. The third-order valence-electron chi connectivity index (χ3n) is 3.99. The minimum atomic E-state index is -1.63. The summed E-state index contributed by atoms with van der Waals surface area (Å²) in [5, 5.41) is 10.1. The number of aliphatic hydroxyl groups is 1. The maximum atomic E-state index is 12.2. The van der Waals surface area contributed by atoms with Gasteiger partial charge in [-0.25, -0.2) is 0 Å². The number of hydrogen-bond donors (Lipinski definition) is 2. The second-order valence-corrected chi connectivity index (χ2v) is 5.56. The molecule has 0 aromatic heterocycles. The summed E-state index contributed by atoms with van der Waals surface area (Å²) in [6.07, 6.45) is 1.64. The first kappa shape index (κ1) is 16.3. The second kappa shape index (κ2) is 6.79. The zero-order valence-electron chi connectivity index (χ0n) is 12.7. The lowest BCUT2D eigenvalue weighted by molar-refractivity contribution is -0.150. The summed E-state index contributed by atoms with van der Waals surface area (Å²) in [5.74, 6) is -0.368. The Hall–Kier alpha value is -2.08. The number of hydrogen-bond acceptors (Lipinski definition) is 4. The normalized spacial score (nSPS) is 21.5. The number of likely N-dealkylation sites (tertiary alicyclic amines) is 1. The molecule has 1 saturated heterocycles. The average Bonchev–Trinajstić information content (AvgIpc) is 2.52. The van der Waals surface area contributed by atoms with Crippen LogP contribution in [-0.4, -0.2) is 47.1 Å². The molecule has 1 aromatic rings. The topological polar surface area (TPSA) is 92.9 Å². The lowest BCUT2D eigenvalue weighted by Gasteiger charge is -2.36. The molecule has 1 atom stereocenters. The predicted octanol–water partition coefficient (Wildman–Crippen LogP) is 0.467. The lowest BCUT2D eigenvalue weighted by Crippen LogP contribution is -2.57. The Balaban J connectivity index is 1.96. The third kappa shape index (κ3) is 3.57. The molecule has 0 bridgehead atoms. The molecular formula is C16H22N2O4. The van der Waals surface area contributed by atoms with Crippen molar-refractivity contribution in [3.63, 3.8) is 0 Å². The van der Waals surface area contributed by atoms with Gasteiger partial charge in [-0.15, -0.1) is 0 Å². The fourth-order valence-corrected chi connectivity index (χ4v) is 2.62. The van der Waals surface area contributed by atoms with Crippen molar-refractivity contribution in [1.29, 1.82) is 0 Å². The number of rotatable bonds is 5. The first-order valence-corrected chi connectivity index (χ1v) is 7.47. The van der Waals surface area contributed by atoms with E-state index in [1.54, 1.807) is 0 Å². The summed E-state index contributed by atoms with van der Waals surface area (Å²) in [5.41, 5.74) is 4.61. The zero-order valence-corrected chi connectivity index (χ0v) is 12.7. The van der Waals surface area contributed by atoms with Crippen LogP contribution in [0.2, 0.25) is 0 Å². The summed E-state index contributed by atoms with van der Waals surface area (Å²) < 4.78 is 5.58. The second-order valence-electron chi connectivity index (χ2n) is 5.56. The van der Waals surface area contributed by atoms with Crippen molar-refractivity contribution in [2.75, 3.05) is 19.7 Å². The maximum Gasteiger partial charge on any atom is 0.260 e. The number of primary amides is 1. The Kier molecular flexibility index (Phi) is 5.03. The highest BCUT2D eigenvalue weighted by atomic mass is 16.5. The van der Waals surface area contributed by atoms with Crippen LogP contribution in [0.5, 0.6) is 5.75 Å². The molecule has 2 amide bonds. The molecule has 0 radical (unpaired) electrons. The van der Waals surface area contributed by atoms with Gasteiger partial charge in [0.1, 0.15) is 5.75 Å². The Morgan fingerprint density at radius 2 is 2.14 bits per heavy atom. The molecule has 1 aliphatic rings. The monoisotopic (exact) mass is 306 g/mol. The number of nitrogens with zero attached hydrogens (tertiary/aromatic N) is 1. The fourth-order valence-electron chi connectivity index (χ4n) is 2.62. The van der Waals surface area contributed by atoms with Crippen LogP contribution in [0.3, 0.4) is 0 Å². The largest absolute Gasteiger partial charge is 0.483 e. The Morgan fingerprint density at radius 1 is 1.41 bits per heavy atom. The molecule has 22 heavy (non-hydrogen) atoms. The average molecular weight is 306 g/mol.